The first-order valence-electron chi connectivity index (χ1n) is 11.0. The molecule has 10 heteroatoms. The Labute approximate surface area is 197 Å². The molecule has 1 amide bonds. The quantitative estimate of drug-likeness (QED) is 0.622. The summed E-state index contributed by atoms with van der Waals surface area (Å²) >= 11 is 1.43. The molecule has 178 valence electrons. The molecule has 1 aliphatic carbocycles. The van der Waals surface area contributed by atoms with E-state index in [1.165, 1.54) is 32.1 Å². The summed E-state index contributed by atoms with van der Waals surface area (Å²) < 4.78 is 37.8. The van der Waals surface area contributed by atoms with Gasteiger partial charge in [-0.25, -0.2) is 13.2 Å². The fourth-order valence-corrected chi connectivity index (χ4v) is 6.85. The van der Waals surface area contributed by atoms with Gasteiger partial charge in [0, 0.05) is 23.7 Å². The molecule has 1 saturated heterocycles. The van der Waals surface area contributed by atoms with Crippen LogP contribution in [0.4, 0.5) is 5.69 Å². The Hall–Kier alpha value is -2.27. The second kappa shape index (κ2) is 9.92. The summed E-state index contributed by atoms with van der Waals surface area (Å²) in [6.45, 7) is 4.75. The number of ether oxygens (including phenoxy) is 2. The summed E-state index contributed by atoms with van der Waals surface area (Å²) in [5, 5.41) is 2.63. The van der Waals surface area contributed by atoms with E-state index in [1.807, 2.05) is 6.07 Å². The van der Waals surface area contributed by atoms with Crippen molar-refractivity contribution in [3.05, 3.63) is 45.1 Å². The smallest absolute Gasteiger partial charge is 0.348 e. The van der Waals surface area contributed by atoms with Crippen molar-refractivity contribution >= 4 is 38.9 Å². The number of hydrogen-bond donors (Lipinski definition) is 1. The highest BCUT2D eigenvalue weighted by molar-refractivity contribution is 7.89. The van der Waals surface area contributed by atoms with Gasteiger partial charge in [0.15, 0.2) is 6.61 Å². The van der Waals surface area contributed by atoms with E-state index in [-0.39, 0.29) is 4.90 Å². The number of fused-ring (bicyclic) bond motifs is 1. The van der Waals surface area contributed by atoms with Crippen molar-refractivity contribution in [3.63, 3.8) is 0 Å². The molecule has 1 aromatic carbocycles. The van der Waals surface area contributed by atoms with Gasteiger partial charge in [0.1, 0.15) is 4.88 Å². The van der Waals surface area contributed by atoms with Crippen molar-refractivity contribution in [2.45, 2.75) is 38.0 Å². The molecule has 1 N–H and O–H groups in total. The van der Waals surface area contributed by atoms with Gasteiger partial charge in [-0.05, 0) is 61.4 Å². The number of esters is 1. The normalized spacial score (nSPS) is 19.0. The number of hydrogen-bond acceptors (Lipinski definition) is 7. The van der Waals surface area contributed by atoms with Crippen molar-refractivity contribution in [1.29, 1.82) is 0 Å². The molecular weight excluding hydrogens is 464 g/mol. The van der Waals surface area contributed by atoms with E-state index >= 15 is 0 Å². The third-order valence-electron chi connectivity index (χ3n) is 5.92. The van der Waals surface area contributed by atoms with E-state index in [9.17, 15) is 18.0 Å². The van der Waals surface area contributed by atoms with Crippen LogP contribution in [-0.4, -0.2) is 57.5 Å². The maximum Gasteiger partial charge on any atom is 0.348 e. The lowest BCUT2D eigenvalue weighted by Gasteiger charge is -2.26. The molecule has 2 aromatic rings. The predicted octanol–water partition coefficient (Wildman–Crippen LogP) is 3.00. The third kappa shape index (κ3) is 5.46. The number of carbonyl (C=O) groups excluding carboxylic acids is 2. The third-order valence-corrected chi connectivity index (χ3v) is 9.18. The molecule has 4 rings (SSSR count). The first-order chi connectivity index (χ1) is 15.7. The fraction of sp³-hybridized carbons (Fsp3) is 0.478. The standard InChI is InChI=1S/C23H28N2O6S2/c1-15-3-6-19-17(11-15)12-20(32-19)23(27)31-14-22(26)24-18-5-4-16(2)21(13-18)33(28,29)25-7-9-30-10-8-25/h4-5,12-13,15H,3,6-11,14H2,1-2H3,(H,24,26). The van der Waals surface area contributed by atoms with Gasteiger partial charge < -0.3 is 14.8 Å². The van der Waals surface area contributed by atoms with Gasteiger partial charge in [0.05, 0.1) is 18.1 Å². The van der Waals surface area contributed by atoms with Gasteiger partial charge in [-0.1, -0.05) is 13.0 Å². The van der Waals surface area contributed by atoms with Gasteiger partial charge in [-0.3, -0.25) is 4.79 Å². The summed E-state index contributed by atoms with van der Waals surface area (Å²) in [7, 11) is -3.70. The molecule has 1 aromatic heterocycles. The minimum atomic E-state index is -3.70. The van der Waals surface area contributed by atoms with E-state index in [0.29, 0.717) is 48.3 Å². The molecule has 0 radical (unpaired) electrons. The Kier molecular flexibility index (Phi) is 7.18. The molecule has 8 nitrogen and oxygen atoms in total. The Bertz CT molecular complexity index is 1150. The van der Waals surface area contributed by atoms with E-state index in [0.717, 1.165) is 19.3 Å². The molecule has 0 spiro atoms. The van der Waals surface area contributed by atoms with Crippen molar-refractivity contribution in [3.8, 4) is 0 Å². The average Bonchev–Trinajstić information content (AvgIpc) is 3.22. The molecule has 1 fully saturated rings. The van der Waals surface area contributed by atoms with Gasteiger partial charge in [0.2, 0.25) is 10.0 Å². The lowest BCUT2D eigenvalue weighted by Crippen LogP contribution is -2.40. The predicted molar refractivity (Wildman–Crippen MR) is 125 cm³/mol. The molecule has 1 atom stereocenters. The highest BCUT2D eigenvalue weighted by atomic mass is 32.2. The average molecular weight is 493 g/mol. The summed E-state index contributed by atoms with van der Waals surface area (Å²) in [6, 6.07) is 6.58. The number of benzene rings is 1. The zero-order chi connectivity index (χ0) is 23.6. The first-order valence-corrected chi connectivity index (χ1v) is 13.3. The summed E-state index contributed by atoms with van der Waals surface area (Å²) in [5.74, 6) is -0.443. The molecule has 1 aliphatic heterocycles. The highest BCUT2D eigenvalue weighted by Crippen LogP contribution is 2.32. The second-order valence-corrected chi connectivity index (χ2v) is 11.6. The SMILES string of the molecule is Cc1ccc(NC(=O)COC(=O)c2cc3c(s2)CCC(C)C3)cc1S(=O)(=O)N1CCOCC1. The first kappa shape index (κ1) is 23.9. The molecule has 0 saturated carbocycles. The molecule has 0 bridgehead atoms. The van der Waals surface area contributed by atoms with Crippen LogP contribution in [0.1, 0.15) is 39.0 Å². The Balaban J connectivity index is 1.38. The Morgan fingerprint density at radius 2 is 2.00 bits per heavy atom. The van der Waals surface area contributed by atoms with Crippen LogP contribution in [0.5, 0.6) is 0 Å². The van der Waals surface area contributed by atoms with E-state index in [2.05, 4.69) is 12.2 Å². The van der Waals surface area contributed by atoms with Crippen LogP contribution in [0, 0.1) is 12.8 Å². The molecule has 2 heterocycles. The summed E-state index contributed by atoms with van der Waals surface area (Å²) in [6.07, 6.45) is 3.05. The highest BCUT2D eigenvalue weighted by Gasteiger charge is 2.28. The zero-order valence-electron chi connectivity index (χ0n) is 18.8. The van der Waals surface area contributed by atoms with Crippen LogP contribution in [0.2, 0.25) is 0 Å². The van der Waals surface area contributed by atoms with Crippen LogP contribution >= 0.6 is 11.3 Å². The summed E-state index contributed by atoms with van der Waals surface area (Å²) in [4.78, 5) is 26.7. The van der Waals surface area contributed by atoms with Gasteiger partial charge in [0.25, 0.3) is 5.91 Å². The van der Waals surface area contributed by atoms with E-state index in [1.54, 1.807) is 19.1 Å². The van der Waals surface area contributed by atoms with Gasteiger partial charge in [-0.2, -0.15) is 4.31 Å². The largest absolute Gasteiger partial charge is 0.451 e. The molecule has 1 unspecified atom stereocenters. The minimum absolute atomic E-state index is 0.137. The number of anilines is 1. The van der Waals surface area contributed by atoms with Gasteiger partial charge >= 0.3 is 5.97 Å². The number of nitrogens with zero attached hydrogens (tertiary/aromatic N) is 1. The Morgan fingerprint density at radius 3 is 2.76 bits per heavy atom. The topological polar surface area (TPSA) is 102 Å². The van der Waals surface area contributed by atoms with Crippen LogP contribution in [0.15, 0.2) is 29.2 Å². The number of amides is 1. The fourth-order valence-electron chi connectivity index (χ4n) is 4.09. The number of thiophene rings is 1. The molecule has 2 aliphatic rings. The van der Waals surface area contributed by atoms with Crippen molar-refractivity contribution in [2.24, 2.45) is 5.92 Å². The monoisotopic (exact) mass is 492 g/mol. The second-order valence-electron chi connectivity index (χ2n) is 8.53. The minimum Gasteiger partial charge on any atom is -0.451 e. The van der Waals surface area contributed by atoms with Crippen LogP contribution in [0.25, 0.3) is 0 Å². The van der Waals surface area contributed by atoms with E-state index < -0.39 is 28.5 Å². The van der Waals surface area contributed by atoms with Crippen LogP contribution in [-0.2, 0) is 37.1 Å². The van der Waals surface area contributed by atoms with Gasteiger partial charge in [-0.15, -0.1) is 11.3 Å². The zero-order valence-corrected chi connectivity index (χ0v) is 20.4. The van der Waals surface area contributed by atoms with E-state index in [4.69, 9.17) is 9.47 Å². The number of aryl methyl sites for hydroxylation is 2. The number of sulfonamides is 1. The lowest BCUT2D eigenvalue weighted by atomic mass is 9.90. The van der Waals surface area contributed by atoms with Crippen LogP contribution in [0.3, 0.4) is 0 Å². The van der Waals surface area contributed by atoms with Crippen molar-refractivity contribution in [1.82, 2.24) is 4.31 Å². The van der Waals surface area contributed by atoms with Crippen molar-refractivity contribution in [2.75, 3.05) is 38.2 Å². The number of morpholine rings is 1. The maximum atomic E-state index is 13.0. The van der Waals surface area contributed by atoms with Crippen LogP contribution < -0.4 is 5.32 Å². The van der Waals surface area contributed by atoms with Crippen molar-refractivity contribution < 1.29 is 27.5 Å². The maximum absolute atomic E-state index is 13.0. The summed E-state index contributed by atoms with van der Waals surface area (Å²) in [5.41, 5.74) is 2.11. The molecule has 33 heavy (non-hydrogen) atoms. The number of carbonyl (C=O) groups is 2. The molecular formula is C23H28N2O6S2. The number of nitrogens with one attached hydrogen (secondary N) is 1. The Morgan fingerprint density at radius 1 is 1.24 bits per heavy atom. The lowest BCUT2D eigenvalue weighted by molar-refractivity contribution is -0.119. The number of rotatable bonds is 6.